The van der Waals surface area contributed by atoms with Gasteiger partial charge >= 0.3 is 5.69 Å². The van der Waals surface area contributed by atoms with Crippen molar-refractivity contribution >= 4 is 23.2 Å². The van der Waals surface area contributed by atoms with Crippen molar-refractivity contribution in [3.63, 3.8) is 0 Å². The highest BCUT2D eigenvalue weighted by atomic mass is 35.5. The number of hydrogen-bond acceptors (Lipinski definition) is 5. The van der Waals surface area contributed by atoms with E-state index in [1.54, 1.807) is 25.7 Å². The van der Waals surface area contributed by atoms with Crippen LogP contribution in [-0.4, -0.2) is 42.3 Å². The van der Waals surface area contributed by atoms with Crippen LogP contribution in [0, 0.1) is 17.0 Å². The third-order valence-electron chi connectivity index (χ3n) is 3.38. The van der Waals surface area contributed by atoms with Crippen molar-refractivity contribution in [3.8, 4) is 0 Å². The number of amides is 1. The lowest BCUT2D eigenvalue weighted by Gasteiger charge is -2.17. The Hall–Kier alpha value is -2.42. The maximum Gasteiger partial charge on any atom is 0.309 e. The summed E-state index contributed by atoms with van der Waals surface area (Å²) in [5, 5.41) is 19.1. The highest BCUT2D eigenvalue weighted by Crippen LogP contribution is 2.18. The summed E-state index contributed by atoms with van der Waals surface area (Å²) in [6.45, 7) is 1.76. The summed E-state index contributed by atoms with van der Waals surface area (Å²) in [7, 11) is 3.36. The van der Waals surface area contributed by atoms with Crippen LogP contribution in [0.4, 0.5) is 5.69 Å². The third kappa shape index (κ3) is 3.08. The molecule has 118 valence electrons. The SMILES string of the molecule is Cc1c([N+](=O)[O-])cnn1CC(=O)N(C)Cc1c(Cl)cnn1C. The Kier molecular flexibility index (Phi) is 4.45. The molecule has 22 heavy (non-hydrogen) atoms. The summed E-state index contributed by atoms with van der Waals surface area (Å²) in [6.07, 6.45) is 2.65. The van der Waals surface area contributed by atoms with Gasteiger partial charge in [0.25, 0.3) is 0 Å². The monoisotopic (exact) mass is 326 g/mol. The van der Waals surface area contributed by atoms with Gasteiger partial charge in [-0.1, -0.05) is 11.6 Å². The van der Waals surface area contributed by atoms with E-state index in [-0.39, 0.29) is 24.7 Å². The number of carbonyl (C=O) groups is 1. The fourth-order valence-electron chi connectivity index (χ4n) is 1.95. The number of rotatable bonds is 5. The molecule has 0 aliphatic heterocycles. The first kappa shape index (κ1) is 16.0. The second kappa shape index (κ2) is 6.14. The Labute approximate surface area is 131 Å². The van der Waals surface area contributed by atoms with Gasteiger partial charge in [0.05, 0.1) is 28.4 Å². The van der Waals surface area contributed by atoms with Crippen molar-refractivity contribution in [1.29, 1.82) is 0 Å². The van der Waals surface area contributed by atoms with Crippen LogP contribution in [0.3, 0.4) is 0 Å². The van der Waals surface area contributed by atoms with Crippen LogP contribution in [-0.2, 0) is 24.9 Å². The molecule has 1 amide bonds. The molecular formula is C12H15ClN6O3. The fourth-order valence-corrected chi connectivity index (χ4v) is 2.18. The van der Waals surface area contributed by atoms with E-state index in [4.69, 9.17) is 11.6 Å². The first-order valence-electron chi connectivity index (χ1n) is 6.38. The molecule has 0 aliphatic rings. The first-order chi connectivity index (χ1) is 10.3. The molecule has 0 aliphatic carbocycles. The van der Waals surface area contributed by atoms with E-state index in [0.717, 1.165) is 6.20 Å². The Morgan fingerprint density at radius 2 is 2.14 bits per heavy atom. The molecule has 0 radical (unpaired) electrons. The molecule has 2 heterocycles. The Bertz CT molecular complexity index is 703. The predicted octanol–water partition coefficient (Wildman–Crippen LogP) is 1.15. The zero-order chi connectivity index (χ0) is 16.4. The number of likely N-dealkylation sites (N-methyl/N-ethyl adjacent to an activating group) is 1. The van der Waals surface area contributed by atoms with Crippen LogP contribution < -0.4 is 0 Å². The number of nitro groups is 1. The molecule has 2 aromatic rings. The number of hydrogen-bond donors (Lipinski definition) is 0. The summed E-state index contributed by atoms with van der Waals surface area (Å²) in [6, 6.07) is 0. The van der Waals surface area contributed by atoms with E-state index in [1.807, 2.05) is 0 Å². The zero-order valence-corrected chi connectivity index (χ0v) is 13.1. The molecule has 0 bridgehead atoms. The van der Waals surface area contributed by atoms with Gasteiger partial charge in [-0.05, 0) is 6.92 Å². The van der Waals surface area contributed by atoms with Gasteiger partial charge in [0.15, 0.2) is 0 Å². The van der Waals surface area contributed by atoms with Crippen LogP contribution >= 0.6 is 11.6 Å². The minimum Gasteiger partial charge on any atom is -0.338 e. The number of aryl methyl sites for hydroxylation is 1. The largest absolute Gasteiger partial charge is 0.338 e. The summed E-state index contributed by atoms with van der Waals surface area (Å²) in [4.78, 5) is 23.9. The van der Waals surface area contributed by atoms with Gasteiger partial charge < -0.3 is 4.90 Å². The van der Waals surface area contributed by atoms with E-state index in [2.05, 4.69) is 10.2 Å². The molecule has 0 N–H and O–H groups in total. The van der Waals surface area contributed by atoms with Gasteiger partial charge in [-0.15, -0.1) is 0 Å². The molecule has 2 rings (SSSR count). The molecule has 0 aromatic carbocycles. The van der Waals surface area contributed by atoms with Crippen LogP contribution in [0.25, 0.3) is 0 Å². The lowest BCUT2D eigenvalue weighted by atomic mass is 10.3. The highest BCUT2D eigenvalue weighted by Gasteiger charge is 2.20. The first-order valence-corrected chi connectivity index (χ1v) is 6.76. The second-order valence-electron chi connectivity index (χ2n) is 4.84. The lowest BCUT2D eigenvalue weighted by molar-refractivity contribution is -0.385. The fraction of sp³-hybridized carbons (Fsp3) is 0.417. The van der Waals surface area contributed by atoms with Crippen molar-refractivity contribution in [2.75, 3.05) is 7.05 Å². The molecule has 0 fully saturated rings. The Balaban J connectivity index is 2.07. The number of nitrogens with zero attached hydrogens (tertiary/aromatic N) is 6. The molecule has 10 heteroatoms. The normalized spacial score (nSPS) is 10.7. The highest BCUT2D eigenvalue weighted by molar-refractivity contribution is 6.31. The average molecular weight is 327 g/mol. The number of aromatic nitrogens is 4. The average Bonchev–Trinajstić information content (AvgIpc) is 2.96. The Morgan fingerprint density at radius 1 is 1.45 bits per heavy atom. The molecule has 0 saturated heterocycles. The van der Waals surface area contributed by atoms with E-state index in [9.17, 15) is 14.9 Å². The van der Waals surface area contributed by atoms with Gasteiger partial charge in [-0.3, -0.25) is 24.3 Å². The molecule has 0 spiro atoms. The molecule has 9 nitrogen and oxygen atoms in total. The molecular weight excluding hydrogens is 312 g/mol. The van der Waals surface area contributed by atoms with Crippen molar-refractivity contribution in [1.82, 2.24) is 24.5 Å². The van der Waals surface area contributed by atoms with Crippen LogP contribution in [0.1, 0.15) is 11.4 Å². The smallest absolute Gasteiger partial charge is 0.309 e. The van der Waals surface area contributed by atoms with E-state index in [1.165, 1.54) is 15.8 Å². The van der Waals surface area contributed by atoms with E-state index in [0.29, 0.717) is 16.4 Å². The lowest BCUT2D eigenvalue weighted by Crippen LogP contribution is -2.31. The topological polar surface area (TPSA) is 99.1 Å². The second-order valence-corrected chi connectivity index (χ2v) is 5.25. The molecule has 0 unspecified atom stereocenters. The van der Waals surface area contributed by atoms with Gasteiger partial charge in [0, 0.05) is 14.1 Å². The van der Waals surface area contributed by atoms with E-state index < -0.39 is 4.92 Å². The minimum atomic E-state index is -0.525. The molecule has 0 saturated carbocycles. The van der Waals surface area contributed by atoms with Crippen LogP contribution in [0.5, 0.6) is 0 Å². The van der Waals surface area contributed by atoms with Gasteiger partial charge in [-0.25, -0.2) is 0 Å². The molecule has 2 aromatic heterocycles. The van der Waals surface area contributed by atoms with Gasteiger partial charge in [-0.2, -0.15) is 10.2 Å². The Morgan fingerprint density at radius 3 is 2.64 bits per heavy atom. The van der Waals surface area contributed by atoms with E-state index >= 15 is 0 Å². The van der Waals surface area contributed by atoms with Crippen molar-refractivity contribution in [3.05, 3.63) is 38.9 Å². The summed E-state index contributed by atoms with van der Waals surface area (Å²) in [5.41, 5.74) is 0.941. The van der Waals surface area contributed by atoms with Crippen molar-refractivity contribution in [2.45, 2.75) is 20.0 Å². The minimum absolute atomic E-state index is 0.0777. The quantitative estimate of drug-likeness (QED) is 0.606. The zero-order valence-electron chi connectivity index (χ0n) is 12.4. The van der Waals surface area contributed by atoms with Crippen molar-refractivity contribution < 1.29 is 9.72 Å². The third-order valence-corrected chi connectivity index (χ3v) is 3.70. The van der Waals surface area contributed by atoms with Crippen molar-refractivity contribution in [2.24, 2.45) is 7.05 Å². The summed E-state index contributed by atoms with van der Waals surface area (Å²) in [5.74, 6) is -0.238. The van der Waals surface area contributed by atoms with Crippen LogP contribution in [0.15, 0.2) is 12.4 Å². The van der Waals surface area contributed by atoms with Crippen LogP contribution in [0.2, 0.25) is 5.02 Å². The summed E-state index contributed by atoms with van der Waals surface area (Å²) >= 11 is 6.00. The summed E-state index contributed by atoms with van der Waals surface area (Å²) < 4.78 is 2.90. The molecule has 0 atom stereocenters. The maximum atomic E-state index is 12.2. The van der Waals surface area contributed by atoms with Gasteiger partial charge in [0.1, 0.15) is 18.4 Å². The number of carbonyl (C=O) groups excluding carboxylic acids is 1. The number of halogens is 1. The predicted molar refractivity (Wildman–Crippen MR) is 78.3 cm³/mol. The van der Waals surface area contributed by atoms with Gasteiger partial charge in [0.2, 0.25) is 5.91 Å². The maximum absolute atomic E-state index is 12.2. The standard InChI is InChI=1S/C12H15ClN6O3/c1-8-10(19(21)22)5-15-18(8)7-12(20)16(2)6-11-9(13)4-14-17(11)3/h4-5H,6-7H2,1-3H3.